The van der Waals surface area contributed by atoms with Gasteiger partial charge in [-0.1, -0.05) is 22.0 Å². The van der Waals surface area contributed by atoms with Crippen LogP contribution in [0.2, 0.25) is 0 Å². The van der Waals surface area contributed by atoms with E-state index in [2.05, 4.69) is 15.9 Å². The smallest absolute Gasteiger partial charge is 0.293 e. The number of rotatable bonds is 4. The number of hydrogen-bond donors (Lipinski definition) is 0. The summed E-state index contributed by atoms with van der Waals surface area (Å²) < 4.78 is 12.9. The fourth-order valence-electron chi connectivity index (χ4n) is 1.89. The van der Waals surface area contributed by atoms with E-state index in [0.717, 1.165) is 5.56 Å². The molecule has 2 rings (SSSR count). The number of hydrogen-bond acceptors (Lipinski definition) is 3. The van der Waals surface area contributed by atoms with Crippen LogP contribution in [-0.2, 0) is 5.33 Å². The first-order chi connectivity index (χ1) is 9.52. The predicted molar refractivity (Wildman–Crippen MR) is 80.2 cm³/mol. The maximum absolute atomic E-state index is 12.9. The van der Waals surface area contributed by atoms with Crippen LogP contribution in [0.3, 0.4) is 0 Å². The van der Waals surface area contributed by atoms with Crippen LogP contribution in [0.5, 0.6) is 0 Å². The summed E-state index contributed by atoms with van der Waals surface area (Å²) in [6.45, 7) is 0. The average Bonchev–Trinajstić information content (AvgIpc) is 2.46. The summed E-state index contributed by atoms with van der Waals surface area (Å²) in [5, 5.41) is 11.7. The van der Waals surface area contributed by atoms with Gasteiger partial charge in [0.2, 0.25) is 0 Å². The van der Waals surface area contributed by atoms with Crippen LogP contribution in [0, 0.1) is 15.9 Å². The van der Waals surface area contributed by atoms with Gasteiger partial charge in [-0.3, -0.25) is 10.1 Å². The van der Waals surface area contributed by atoms with Gasteiger partial charge in [-0.05, 0) is 35.9 Å². The lowest BCUT2D eigenvalue weighted by Gasteiger charge is -2.19. The van der Waals surface area contributed by atoms with Crippen molar-refractivity contribution in [2.75, 3.05) is 11.9 Å². The number of nitro groups is 1. The minimum atomic E-state index is -0.415. The Morgan fingerprint density at radius 2 is 1.90 bits per heavy atom. The van der Waals surface area contributed by atoms with Gasteiger partial charge in [0.15, 0.2) is 0 Å². The summed E-state index contributed by atoms with van der Waals surface area (Å²) in [6.07, 6.45) is 0. The van der Waals surface area contributed by atoms with Crippen LogP contribution in [-0.4, -0.2) is 12.0 Å². The summed E-state index contributed by atoms with van der Waals surface area (Å²) in [6, 6.07) is 10.9. The van der Waals surface area contributed by atoms with Crippen molar-refractivity contribution in [1.29, 1.82) is 0 Å². The second-order valence-electron chi connectivity index (χ2n) is 4.25. The number of benzene rings is 2. The third-order valence-electron chi connectivity index (χ3n) is 2.97. The zero-order valence-electron chi connectivity index (χ0n) is 10.7. The van der Waals surface area contributed by atoms with Crippen molar-refractivity contribution in [2.24, 2.45) is 0 Å². The second kappa shape index (κ2) is 6.00. The molecule has 2 aromatic carbocycles. The van der Waals surface area contributed by atoms with Crippen molar-refractivity contribution in [3.05, 3.63) is 64.0 Å². The van der Waals surface area contributed by atoms with E-state index in [1.807, 2.05) is 6.07 Å². The molecule has 0 heterocycles. The third-order valence-corrected chi connectivity index (χ3v) is 3.61. The number of nitro benzene ring substituents is 1. The van der Waals surface area contributed by atoms with Crippen molar-refractivity contribution >= 4 is 33.0 Å². The van der Waals surface area contributed by atoms with Crippen molar-refractivity contribution in [3.63, 3.8) is 0 Å². The Kier molecular flexibility index (Phi) is 4.34. The predicted octanol–water partition coefficient (Wildman–Crippen LogP) is 4.40. The van der Waals surface area contributed by atoms with Gasteiger partial charge in [0.25, 0.3) is 5.69 Å². The van der Waals surface area contributed by atoms with E-state index in [4.69, 9.17) is 0 Å². The first kappa shape index (κ1) is 14.5. The maximum atomic E-state index is 12.9. The third kappa shape index (κ3) is 2.96. The van der Waals surface area contributed by atoms with Gasteiger partial charge >= 0.3 is 0 Å². The Morgan fingerprint density at radius 1 is 1.25 bits per heavy atom. The highest BCUT2D eigenvalue weighted by Gasteiger charge is 2.18. The lowest BCUT2D eigenvalue weighted by Crippen LogP contribution is -2.11. The molecule has 0 saturated carbocycles. The molecule has 0 aromatic heterocycles. The van der Waals surface area contributed by atoms with Crippen molar-refractivity contribution in [3.8, 4) is 0 Å². The average molecular weight is 339 g/mol. The summed E-state index contributed by atoms with van der Waals surface area (Å²) in [5.74, 6) is -0.341. The van der Waals surface area contributed by atoms with Crippen LogP contribution in [0.15, 0.2) is 42.5 Å². The zero-order valence-corrected chi connectivity index (χ0v) is 12.3. The van der Waals surface area contributed by atoms with Crippen molar-refractivity contribution < 1.29 is 9.31 Å². The molecule has 0 bridgehead atoms. The largest absolute Gasteiger partial charge is 0.339 e. The standard InChI is InChI=1S/C14H12BrFN2O2/c1-17(12-5-3-11(16)4-6-12)13-7-2-10(9-15)8-14(13)18(19)20/h2-8H,9H2,1H3. The van der Waals surface area contributed by atoms with Gasteiger partial charge in [0.05, 0.1) is 4.92 Å². The maximum Gasteiger partial charge on any atom is 0.293 e. The Balaban J connectivity index is 2.45. The van der Waals surface area contributed by atoms with E-state index < -0.39 is 4.92 Å². The van der Waals surface area contributed by atoms with E-state index in [9.17, 15) is 14.5 Å². The molecule has 4 nitrogen and oxygen atoms in total. The molecule has 0 spiro atoms. The molecule has 2 aromatic rings. The first-order valence-corrected chi connectivity index (χ1v) is 6.97. The SMILES string of the molecule is CN(c1ccc(F)cc1)c1ccc(CBr)cc1[N+](=O)[O-]. The molecule has 0 unspecified atom stereocenters. The summed E-state index contributed by atoms with van der Waals surface area (Å²) in [7, 11) is 1.71. The lowest BCUT2D eigenvalue weighted by atomic mass is 10.1. The quantitative estimate of drug-likeness (QED) is 0.471. The molecule has 0 atom stereocenters. The number of halogens is 2. The van der Waals surface area contributed by atoms with Crippen LogP contribution < -0.4 is 4.90 Å². The number of nitrogens with zero attached hydrogens (tertiary/aromatic N) is 2. The van der Waals surface area contributed by atoms with Crippen molar-refractivity contribution in [1.82, 2.24) is 0 Å². The molecule has 104 valence electrons. The van der Waals surface area contributed by atoms with E-state index in [1.54, 1.807) is 30.1 Å². The van der Waals surface area contributed by atoms with Gasteiger partial charge in [-0.25, -0.2) is 4.39 Å². The molecule has 0 amide bonds. The molecule has 0 radical (unpaired) electrons. The summed E-state index contributed by atoms with van der Waals surface area (Å²) in [5.41, 5.74) is 1.99. The fraction of sp³-hybridized carbons (Fsp3) is 0.143. The van der Waals surface area contributed by atoms with E-state index in [0.29, 0.717) is 16.7 Å². The normalized spacial score (nSPS) is 10.3. The van der Waals surface area contributed by atoms with Gasteiger partial charge < -0.3 is 4.90 Å². The van der Waals surface area contributed by atoms with Gasteiger partial charge in [-0.15, -0.1) is 0 Å². The zero-order chi connectivity index (χ0) is 14.7. The van der Waals surface area contributed by atoms with Crippen LogP contribution in [0.4, 0.5) is 21.5 Å². The van der Waals surface area contributed by atoms with Gasteiger partial charge in [0, 0.05) is 24.1 Å². The molecule has 0 saturated heterocycles. The molecule has 0 aliphatic heterocycles. The lowest BCUT2D eigenvalue weighted by molar-refractivity contribution is -0.384. The second-order valence-corrected chi connectivity index (χ2v) is 4.81. The van der Waals surface area contributed by atoms with E-state index >= 15 is 0 Å². The first-order valence-electron chi connectivity index (χ1n) is 5.85. The Bertz CT molecular complexity index is 632. The fourth-order valence-corrected chi connectivity index (χ4v) is 2.23. The Labute approximate surface area is 124 Å². The highest BCUT2D eigenvalue weighted by Crippen LogP contribution is 2.33. The number of anilines is 2. The van der Waals surface area contributed by atoms with Crippen molar-refractivity contribution in [2.45, 2.75) is 5.33 Å². The molecule has 0 N–H and O–H groups in total. The topological polar surface area (TPSA) is 46.4 Å². The number of alkyl halides is 1. The van der Waals surface area contributed by atoms with E-state index in [-0.39, 0.29) is 11.5 Å². The van der Waals surface area contributed by atoms with Crippen LogP contribution in [0.1, 0.15) is 5.56 Å². The monoisotopic (exact) mass is 338 g/mol. The summed E-state index contributed by atoms with van der Waals surface area (Å²) >= 11 is 3.28. The highest BCUT2D eigenvalue weighted by atomic mass is 79.9. The minimum absolute atomic E-state index is 0.0220. The van der Waals surface area contributed by atoms with Gasteiger partial charge in [0.1, 0.15) is 11.5 Å². The molecule has 0 aliphatic rings. The molecule has 0 aliphatic carbocycles. The minimum Gasteiger partial charge on any atom is -0.339 e. The Hall–Kier alpha value is -1.95. The molecule has 0 fully saturated rings. The summed E-state index contributed by atoms with van der Waals surface area (Å²) in [4.78, 5) is 12.4. The molecular weight excluding hydrogens is 327 g/mol. The van der Waals surface area contributed by atoms with E-state index in [1.165, 1.54) is 18.2 Å². The van der Waals surface area contributed by atoms with Crippen LogP contribution >= 0.6 is 15.9 Å². The van der Waals surface area contributed by atoms with Crippen LogP contribution in [0.25, 0.3) is 0 Å². The Morgan fingerprint density at radius 3 is 2.45 bits per heavy atom. The van der Waals surface area contributed by atoms with Gasteiger partial charge in [-0.2, -0.15) is 0 Å². The molecule has 6 heteroatoms. The highest BCUT2D eigenvalue weighted by molar-refractivity contribution is 9.08. The molecule has 20 heavy (non-hydrogen) atoms. The molecular formula is C14H12BrFN2O2.